The molecule has 0 spiro atoms. The predicted octanol–water partition coefficient (Wildman–Crippen LogP) is 3.84. The highest BCUT2D eigenvalue weighted by Crippen LogP contribution is 2.39. The van der Waals surface area contributed by atoms with Crippen molar-refractivity contribution < 1.29 is 23.7 Å². The highest BCUT2D eigenvalue weighted by molar-refractivity contribution is 7.22. The molecular weight excluding hydrogens is 442 g/mol. The van der Waals surface area contributed by atoms with Gasteiger partial charge in [0.05, 0.1) is 16.8 Å². The molecule has 166 valence electrons. The maximum Gasteiger partial charge on any atom is 0.273 e. The molecule has 0 aliphatic carbocycles. The van der Waals surface area contributed by atoms with Crippen LogP contribution in [0.4, 0.5) is 5.13 Å². The summed E-state index contributed by atoms with van der Waals surface area (Å²) in [6.45, 7) is 1.44. The van der Waals surface area contributed by atoms with E-state index in [-0.39, 0.29) is 12.5 Å². The van der Waals surface area contributed by atoms with Crippen molar-refractivity contribution in [2.75, 3.05) is 24.7 Å². The van der Waals surface area contributed by atoms with Crippen LogP contribution in [0.25, 0.3) is 10.2 Å². The smallest absolute Gasteiger partial charge is 0.273 e. The number of anilines is 1. The minimum absolute atomic E-state index is 0.125. The van der Waals surface area contributed by atoms with E-state index in [4.69, 9.17) is 23.9 Å². The molecule has 1 unspecified atom stereocenters. The van der Waals surface area contributed by atoms with Crippen molar-refractivity contribution in [1.29, 1.82) is 0 Å². The number of amides is 1. The standard InChI is InChI=1S/C24H19N3O5S/c28-23(21-14-31-17-5-1-2-6-18(17)32-21)27(13-15-4-3-7-25-12-15)24-26-16-10-19-20(11-22(16)33-24)30-9-8-29-19/h1-7,10-12,21H,8-9,13-14H2. The third-order valence-corrected chi connectivity index (χ3v) is 6.43. The number of hydrogen-bond acceptors (Lipinski definition) is 8. The Morgan fingerprint density at radius 1 is 1.00 bits per heavy atom. The van der Waals surface area contributed by atoms with Crippen LogP contribution in [0.1, 0.15) is 5.56 Å². The van der Waals surface area contributed by atoms with Crippen LogP contribution < -0.4 is 23.8 Å². The van der Waals surface area contributed by atoms with Crippen molar-refractivity contribution in [1.82, 2.24) is 9.97 Å². The first kappa shape index (κ1) is 19.8. The number of aromatic nitrogens is 2. The van der Waals surface area contributed by atoms with Crippen molar-refractivity contribution in [2.24, 2.45) is 0 Å². The summed E-state index contributed by atoms with van der Waals surface area (Å²) in [6.07, 6.45) is 2.65. The van der Waals surface area contributed by atoms with Crippen LogP contribution in [0.5, 0.6) is 23.0 Å². The molecule has 6 rings (SSSR count). The molecule has 0 saturated carbocycles. The molecule has 2 aromatic heterocycles. The van der Waals surface area contributed by atoms with E-state index in [1.807, 2.05) is 42.5 Å². The fraction of sp³-hybridized carbons (Fsp3) is 0.208. The molecule has 1 amide bonds. The van der Waals surface area contributed by atoms with Crippen LogP contribution in [0.2, 0.25) is 0 Å². The highest BCUT2D eigenvalue weighted by Gasteiger charge is 2.33. The number of benzene rings is 2. The van der Waals surface area contributed by atoms with Crippen LogP contribution in [-0.4, -0.2) is 41.8 Å². The van der Waals surface area contributed by atoms with E-state index in [2.05, 4.69) is 4.98 Å². The molecule has 9 heteroatoms. The van der Waals surface area contributed by atoms with Crippen LogP contribution in [0.3, 0.4) is 0 Å². The maximum atomic E-state index is 13.7. The molecule has 0 bridgehead atoms. The number of thiazole rings is 1. The van der Waals surface area contributed by atoms with Gasteiger partial charge in [0, 0.05) is 24.5 Å². The number of carbonyl (C=O) groups excluding carboxylic acids is 1. The molecule has 2 aliphatic rings. The van der Waals surface area contributed by atoms with Crippen molar-refractivity contribution in [3.63, 3.8) is 0 Å². The van der Waals surface area contributed by atoms with Gasteiger partial charge in [0.25, 0.3) is 5.91 Å². The molecular formula is C24H19N3O5S. The molecule has 33 heavy (non-hydrogen) atoms. The van der Waals surface area contributed by atoms with E-state index in [0.29, 0.717) is 47.9 Å². The van der Waals surface area contributed by atoms with Gasteiger partial charge < -0.3 is 18.9 Å². The number of pyridine rings is 1. The summed E-state index contributed by atoms with van der Waals surface area (Å²) in [5.41, 5.74) is 1.63. The fourth-order valence-corrected chi connectivity index (χ4v) is 4.78. The van der Waals surface area contributed by atoms with Gasteiger partial charge in [-0.2, -0.15) is 0 Å². The lowest BCUT2D eigenvalue weighted by atomic mass is 10.2. The van der Waals surface area contributed by atoms with Gasteiger partial charge in [-0.1, -0.05) is 29.5 Å². The summed E-state index contributed by atoms with van der Waals surface area (Å²) in [6, 6.07) is 14.9. The summed E-state index contributed by atoms with van der Waals surface area (Å²) in [7, 11) is 0. The lowest BCUT2D eigenvalue weighted by molar-refractivity contribution is -0.127. The van der Waals surface area contributed by atoms with Gasteiger partial charge in [-0.3, -0.25) is 14.7 Å². The second-order valence-electron chi connectivity index (χ2n) is 7.61. The Bertz CT molecular complexity index is 1280. The van der Waals surface area contributed by atoms with Crippen LogP contribution in [-0.2, 0) is 11.3 Å². The molecule has 4 aromatic rings. The first-order valence-corrected chi connectivity index (χ1v) is 11.4. The third kappa shape index (κ3) is 3.80. The molecule has 2 aromatic carbocycles. The fourth-order valence-electron chi connectivity index (χ4n) is 3.80. The molecule has 8 nitrogen and oxygen atoms in total. The van der Waals surface area contributed by atoms with Gasteiger partial charge in [-0.15, -0.1) is 0 Å². The van der Waals surface area contributed by atoms with Crippen molar-refractivity contribution in [3.8, 4) is 23.0 Å². The van der Waals surface area contributed by atoms with Crippen molar-refractivity contribution in [3.05, 3.63) is 66.5 Å². The van der Waals surface area contributed by atoms with E-state index < -0.39 is 6.10 Å². The maximum absolute atomic E-state index is 13.7. The Morgan fingerprint density at radius 3 is 2.64 bits per heavy atom. The van der Waals surface area contributed by atoms with Gasteiger partial charge in [-0.05, 0) is 23.8 Å². The van der Waals surface area contributed by atoms with E-state index in [1.165, 1.54) is 11.3 Å². The highest BCUT2D eigenvalue weighted by atomic mass is 32.1. The Hall–Kier alpha value is -3.85. The molecule has 0 fully saturated rings. The van der Waals surface area contributed by atoms with Crippen molar-refractivity contribution >= 4 is 32.6 Å². The zero-order valence-corrected chi connectivity index (χ0v) is 18.3. The predicted molar refractivity (Wildman–Crippen MR) is 122 cm³/mol. The first-order chi connectivity index (χ1) is 16.2. The molecule has 2 aliphatic heterocycles. The molecule has 0 radical (unpaired) electrons. The Kier molecular flexibility index (Phi) is 4.95. The van der Waals surface area contributed by atoms with E-state index in [0.717, 1.165) is 15.8 Å². The van der Waals surface area contributed by atoms with Crippen LogP contribution >= 0.6 is 11.3 Å². The Morgan fingerprint density at radius 2 is 1.82 bits per heavy atom. The van der Waals surface area contributed by atoms with Gasteiger partial charge in [0.1, 0.15) is 19.8 Å². The van der Waals surface area contributed by atoms with Gasteiger partial charge >= 0.3 is 0 Å². The number of carbonyl (C=O) groups is 1. The summed E-state index contributed by atoms with van der Waals surface area (Å²) < 4.78 is 24.1. The summed E-state index contributed by atoms with van der Waals surface area (Å²) >= 11 is 1.42. The first-order valence-electron chi connectivity index (χ1n) is 10.5. The minimum Gasteiger partial charge on any atom is -0.486 e. The number of hydrogen-bond donors (Lipinski definition) is 0. The van der Waals surface area contributed by atoms with Crippen LogP contribution in [0, 0.1) is 0 Å². The Labute approximate surface area is 193 Å². The zero-order chi connectivity index (χ0) is 22.2. The average molecular weight is 461 g/mol. The second-order valence-corrected chi connectivity index (χ2v) is 8.62. The number of ether oxygens (including phenoxy) is 4. The summed E-state index contributed by atoms with van der Waals surface area (Å²) in [5, 5.41) is 0.559. The largest absolute Gasteiger partial charge is 0.486 e. The lowest BCUT2D eigenvalue weighted by Gasteiger charge is -2.29. The zero-order valence-electron chi connectivity index (χ0n) is 17.5. The molecule has 0 N–H and O–H groups in total. The number of nitrogens with zero attached hydrogens (tertiary/aromatic N) is 3. The van der Waals surface area contributed by atoms with E-state index in [1.54, 1.807) is 23.4 Å². The summed E-state index contributed by atoms with van der Waals surface area (Å²) in [4.78, 5) is 24.2. The van der Waals surface area contributed by atoms with Crippen LogP contribution in [0.15, 0.2) is 60.9 Å². The average Bonchev–Trinajstić information content (AvgIpc) is 3.28. The van der Waals surface area contributed by atoms with Gasteiger partial charge in [0.2, 0.25) is 6.10 Å². The molecule has 1 atom stereocenters. The molecule has 0 saturated heterocycles. The topological polar surface area (TPSA) is 83.0 Å². The van der Waals surface area contributed by atoms with Gasteiger partial charge in [0.15, 0.2) is 28.1 Å². The minimum atomic E-state index is -0.788. The normalized spacial score (nSPS) is 16.4. The van der Waals surface area contributed by atoms with Crippen molar-refractivity contribution in [2.45, 2.75) is 12.6 Å². The van der Waals surface area contributed by atoms with Gasteiger partial charge in [-0.25, -0.2) is 4.98 Å². The van der Waals surface area contributed by atoms with E-state index >= 15 is 0 Å². The lowest BCUT2D eigenvalue weighted by Crippen LogP contribution is -2.46. The number of fused-ring (bicyclic) bond motifs is 3. The second kappa shape index (κ2) is 8.25. The quantitative estimate of drug-likeness (QED) is 0.457. The monoisotopic (exact) mass is 461 g/mol. The number of rotatable bonds is 4. The van der Waals surface area contributed by atoms with E-state index in [9.17, 15) is 4.79 Å². The third-order valence-electron chi connectivity index (χ3n) is 5.39. The SMILES string of the molecule is O=C(C1COc2ccccc2O1)N(Cc1cccnc1)c1nc2cc3c(cc2s1)OCCO3. The number of para-hydroxylation sites is 2. The Balaban J connectivity index is 1.36. The molecule has 4 heterocycles. The summed E-state index contributed by atoms with van der Waals surface area (Å²) in [5.74, 6) is 2.30.